The van der Waals surface area contributed by atoms with Gasteiger partial charge in [-0.15, -0.1) is 0 Å². The number of hydrogen-bond donors (Lipinski definition) is 1. The number of nitrogens with one attached hydrogen (secondary N) is 1. The molecule has 0 saturated heterocycles. The molecule has 0 aliphatic rings. The molecular weight excluding hydrogens is 180 g/mol. The van der Waals surface area contributed by atoms with Crippen LogP contribution < -0.4 is 0 Å². The van der Waals surface area contributed by atoms with Crippen molar-refractivity contribution in [1.29, 1.82) is 0 Å². The molecule has 0 spiro atoms. The molecule has 1 N–H and O–H groups in total. The van der Waals surface area contributed by atoms with Gasteiger partial charge < -0.3 is 4.52 Å². The van der Waals surface area contributed by atoms with Crippen molar-refractivity contribution in [3.05, 3.63) is 29.9 Å². The van der Waals surface area contributed by atoms with Gasteiger partial charge in [0.1, 0.15) is 5.76 Å². The van der Waals surface area contributed by atoms with Gasteiger partial charge in [-0.2, -0.15) is 15.4 Å². The quantitative estimate of drug-likeness (QED) is 0.758. The highest BCUT2D eigenvalue weighted by Gasteiger charge is 1.99. The Morgan fingerprint density at radius 3 is 2.50 bits per heavy atom. The average Bonchev–Trinajstić information content (AvgIpc) is 2.75. The molecule has 5 nitrogen and oxygen atoms in total. The molecule has 0 atom stereocenters. The molecule has 0 radical (unpaired) electrons. The molecule has 78 valence electrons. The van der Waals surface area contributed by atoms with E-state index in [2.05, 4.69) is 34.4 Å². The summed E-state index contributed by atoms with van der Waals surface area (Å²) in [5.41, 5.74) is 0.926. The Kier molecular flexibility index (Phi) is 3.84. The number of nitrogens with zero attached hydrogens (tertiary/aromatic N) is 3. The van der Waals surface area contributed by atoms with E-state index in [-0.39, 0.29) is 1.43 Å². The minimum Gasteiger partial charge on any atom is -0.361 e. The largest absolute Gasteiger partial charge is 0.361 e. The molecule has 5 heteroatoms. The number of aryl methyl sites for hydroxylation is 1. The van der Waals surface area contributed by atoms with Gasteiger partial charge in [-0.1, -0.05) is 19.0 Å². The molecule has 0 fully saturated rings. The first kappa shape index (κ1) is 10.4. The number of H-pyrrole nitrogens is 1. The summed E-state index contributed by atoms with van der Waals surface area (Å²) < 4.78 is 4.84. The van der Waals surface area contributed by atoms with Crippen molar-refractivity contribution in [3.63, 3.8) is 0 Å². The summed E-state index contributed by atoms with van der Waals surface area (Å²) in [6.45, 7) is 6.02. The molecule has 0 unspecified atom stereocenters. The maximum absolute atomic E-state index is 4.84. The van der Waals surface area contributed by atoms with Crippen molar-refractivity contribution >= 4 is 0 Å². The van der Waals surface area contributed by atoms with E-state index >= 15 is 0 Å². The van der Waals surface area contributed by atoms with E-state index in [0.29, 0.717) is 5.92 Å². The summed E-state index contributed by atoms with van der Waals surface area (Å²) in [6, 6.07) is 1.88. The lowest BCUT2D eigenvalue weighted by Crippen LogP contribution is -1.79. The third-order valence-corrected chi connectivity index (χ3v) is 1.56. The van der Waals surface area contributed by atoms with Gasteiger partial charge in [0, 0.05) is 13.4 Å². The fourth-order valence-corrected chi connectivity index (χ4v) is 0.782. The van der Waals surface area contributed by atoms with Gasteiger partial charge in [-0.25, -0.2) is 0 Å². The van der Waals surface area contributed by atoms with Gasteiger partial charge in [0.05, 0.1) is 18.1 Å². The smallest absolute Gasteiger partial charge is 0.139 e. The fraction of sp³-hybridized carbons (Fsp3) is 0.444. The first-order chi connectivity index (χ1) is 6.70. The maximum Gasteiger partial charge on any atom is 0.139 e. The molecule has 0 bridgehead atoms. The van der Waals surface area contributed by atoms with Gasteiger partial charge in [-0.05, 0) is 6.92 Å². The van der Waals surface area contributed by atoms with Crippen molar-refractivity contribution in [3.8, 4) is 0 Å². The Bertz CT molecular complexity index is 331. The molecule has 0 saturated carbocycles. The predicted octanol–water partition coefficient (Wildman–Crippen LogP) is 2.16. The molecule has 2 heterocycles. The first-order valence-electron chi connectivity index (χ1n) is 4.43. The third-order valence-electron chi connectivity index (χ3n) is 1.56. The molecule has 14 heavy (non-hydrogen) atoms. The summed E-state index contributed by atoms with van der Waals surface area (Å²) in [5.74, 6) is 1.41. The van der Waals surface area contributed by atoms with Crippen molar-refractivity contribution in [2.75, 3.05) is 0 Å². The van der Waals surface area contributed by atoms with Crippen LogP contribution >= 0.6 is 0 Å². The minimum atomic E-state index is 0. The topological polar surface area (TPSA) is 67.6 Å². The van der Waals surface area contributed by atoms with E-state index in [1.807, 2.05) is 13.0 Å². The normalized spacial score (nSPS) is 9.71. The van der Waals surface area contributed by atoms with Crippen molar-refractivity contribution in [2.45, 2.75) is 26.7 Å². The summed E-state index contributed by atoms with van der Waals surface area (Å²) in [5, 5.41) is 13.3. The number of aromatic nitrogens is 4. The van der Waals surface area contributed by atoms with Crippen molar-refractivity contribution in [1.82, 2.24) is 20.6 Å². The molecule has 0 aromatic carbocycles. The molecule has 2 aromatic rings. The highest BCUT2D eigenvalue weighted by atomic mass is 16.5. The lowest BCUT2D eigenvalue weighted by atomic mass is 10.2. The van der Waals surface area contributed by atoms with Crippen LogP contribution in [0.2, 0.25) is 0 Å². The molecule has 2 aromatic heterocycles. The van der Waals surface area contributed by atoms with Crippen LogP contribution in [0.4, 0.5) is 0 Å². The zero-order chi connectivity index (χ0) is 10.4. The molecule has 0 amide bonds. The highest BCUT2D eigenvalue weighted by Crippen LogP contribution is 2.10. The van der Waals surface area contributed by atoms with Gasteiger partial charge in [0.2, 0.25) is 0 Å². The van der Waals surface area contributed by atoms with E-state index in [1.54, 1.807) is 12.4 Å². The first-order valence-corrected chi connectivity index (χ1v) is 4.43. The van der Waals surface area contributed by atoms with Gasteiger partial charge in [-0.3, -0.25) is 0 Å². The van der Waals surface area contributed by atoms with Crippen molar-refractivity contribution < 1.29 is 5.95 Å². The summed E-state index contributed by atoms with van der Waals surface area (Å²) in [4.78, 5) is 0. The van der Waals surface area contributed by atoms with Crippen LogP contribution in [0, 0.1) is 6.92 Å². The van der Waals surface area contributed by atoms with Crippen LogP contribution in [0.25, 0.3) is 0 Å². The minimum absolute atomic E-state index is 0. The Hall–Kier alpha value is -1.65. The SMILES string of the molecule is CC(C)c1ccno1.Cc1cn[nH]n1.[HH]. The second-order valence-corrected chi connectivity index (χ2v) is 3.18. The second-order valence-electron chi connectivity index (χ2n) is 3.18. The number of hydrogen-bond acceptors (Lipinski definition) is 4. The Morgan fingerprint density at radius 1 is 1.50 bits per heavy atom. The Morgan fingerprint density at radius 2 is 2.29 bits per heavy atom. The second kappa shape index (κ2) is 5.16. The van der Waals surface area contributed by atoms with Crippen LogP contribution in [-0.4, -0.2) is 20.6 Å². The van der Waals surface area contributed by atoms with Crippen LogP contribution in [0.3, 0.4) is 0 Å². The van der Waals surface area contributed by atoms with Gasteiger partial charge >= 0.3 is 0 Å². The van der Waals surface area contributed by atoms with E-state index in [9.17, 15) is 0 Å². The van der Waals surface area contributed by atoms with Crippen LogP contribution in [0.1, 0.15) is 32.6 Å². The van der Waals surface area contributed by atoms with E-state index in [1.165, 1.54) is 0 Å². The van der Waals surface area contributed by atoms with E-state index in [0.717, 1.165) is 11.5 Å². The zero-order valence-electron chi connectivity index (χ0n) is 8.56. The molecule has 0 aliphatic carbocycles. The summed E-state index contributed by atoms with van der Waals surface area (Å²) in [7, 11) is 0. The van der Waals surface area contributed by atoms with Crippen LogP contribution in [0.15, 0.2) is 23.0 Å². The standard InChI is InChI=1S/C6H9NO.C3H5N3.H2/c1-5(2)6-3-4-7-8-6;1-3-2-4-6-5-3;/h3-5H,1-2H3;2H,1H3,(H,4,5,6);1H. The molecule has 2 rings (SSSR count). The third kappa shape index (κ3) is 3.38. The Balaban J connectivity index is 0.000000253. The summed E-state index contributed by atoms with van der Waals surface area (Å²) in [6.07, 6.45) is 3.33. The fourth-order valence-electron chi connectivity index (χ4n) is 0.782. The lowest BCUT2D eigenvalue weighted by Gasteiger charge is -1.92. The molecule has 0 aliphatic heterocycles. The van der Waals surface area contributed by atoms with Crippen LogP contribution in [0.5, 0.6) is 0 Å². The Labute approximate surface area is 84.0 Å². The van der Waals surface area contributed by atoms with Gasteiger partial charge in [0.15, 0.2) is 0 Å². The number of rotatable bonds is 1. The van der Waals surface area contributed by atoms with Crippen LogP contribution in [-0.2, 0) is 0 Å². The maximum atomic E-state index is 4.84. The highest BCUT2D eigenvalue weighted by molar-refractivity contribution is 4.97. The predicted molar refractivity (Wildman–Crippen MR) is 53.8 cm³/mol. The monoisotopic (exact) mass is 196 g/mol. The van der Waals surface area contributed by atoms with E-state index < -0.39 is 0 Å². The van der Waals surface area contributed by atoms with E-state index in [4.69, 9.17) is 4.52 Å². The molecular formula is C9H16N4O. The summed E-state index contributed by atoms with van der Waals surface area (Å²) >= 11 is 0. The lowest BCUT2D eigenvalue weighted by molar-refractivity contribution is 0.371. The zero-order valence-corrected chi connectivity index (χ0v) is 8.56. The van der Waals surface area contributed by atoms with Crippen molar-refractivity contribution in [2.24, 2.45) is 0 Å². The average molecular weight is 196 g/mol. The van der Waals surface area contributed by atoms with Gasteiger partial charge in [0.25, 0.3) is 0 Å². The number of aromatic amines is 1.